The molecule has 28 heavy (non-hydrogen) atoms. The summed E-state index contributed by atoms with van der Waals surface area (Å²) in [5.41, 5.74) is 6.08. The normalized spacial score (nSPS) is 11.2. The summed E-state index contributed by atoms with van der Waals surface area (Å²) in [6.45, 7) is 1.94. The largest absolute Gasteiger partial charge is 0.361 e. The Labute approximate surface area is 160 Å². The molecule has 3 aromatic heterocycles. The molecule has 6 heteroatoms. The van der Waals surface area contributed by atoms with E-state index in [1.165, 1.54) is 0 Å². The number of amides is 1. The highest BCUT2D eigenvalue weighted by molar-refractivity contribution is 6.09. The maximum atomic E-state index is 12.7. The third-order valence-corrected chi connectivity index (χ3v) is 4.86. The summed E-state index contributed by atoms with van der Waals surface area (Å²) in [7, 11) is 0. The topological polar surface area (TPSA) is 86.5 Å². The van der Waals surface area contributed by atoms with E-state index >= 15 is 0 Å². The van der Waals surface area contributed by atoms with Gasteiger partial charge in [0.25, 0.3) is 5.91 Å². The number of aryl methyl sites for hydroxylation is 1. The number of benzene rings is 2. The molecular formula is C22H17N5O. The fraction of sp³-hybridized carbons (Fsp3) is 0.0455. The molecule has 0 bridgehead atoms. The van der Waals surface area contributed by atoms with Crippen molar-refractivity contribution in [3.05, 3.63) is 78.4 Å². The Hall–Kier alpha value is -3.93. The second-order valence-corrected chi connectivity index (χ2v) is 6.77. The fourth-order valence-electron chi connectivity index (χ4n) is 3.44. The molecule has 136 valence electrons. The average molecular weight is 367 g/mol. The van der Waals surface area contributed by atoms with Crippen LogP contribution in [0.5, 0.6) is 0 Å². The first-order valence-electron chi connectivity index (χ1n) is 8.97. The van der Waals surface area contributed by atoms with E-state index in [0.717, 1.165) is 38.5 Å². The Morgan fingerprint density at radius 1 is 1.00 bits per heavy atom. The number of carbonyl (C=O) groups excluding carboxylic acids is 1. The Kier molecular flexibility index (Phi) is 3.69. The third-order valence-electron chi connectivity index (χ3n) is 4.86. The minimum Gasteiger partial charge on any atom is -0.361 e. The number of aromatic nitrogens is 4. The highest BCUT2D eigenvalue weighted by Gasteiger charge is 2.14. The van der Waals surface area contributed by atoms with Crippen LogP contribution < -0.4 is 5.32 Å². The van der Waals surface area contributed by atoms with E-state index < -0.39 is 0 Å². The van der Waals surface area contributed by atoms with Crippen LogP contribution in [0.2, 0.25) is 0 Å². The minimum absolute atomic E-state index is 0.250. The summed E-state index contributed by atoms with van der Waals surface area (Å²) < 4.78 is 0. The number of anilines is 1. The maximum Gasteiger partial charge on any atom is 0.274 e. The molecule has 6 nitrogen and oxygen atoms in total. The number of hydrogen-bond donors (Lipinski definition) is 3. The number of carbonyl (C=O) groups is 1. The highest BCUT2D eigenvalue weighted by Crippen LogP contribution is 2.34. The molecule has 0 fully saturated rings. The van der Waals surface area contributed by atoms with Gasteiger partial charge in [-0.2, -0.15) is 5.10 Å². The lowest BCUT2D eigenvalue weighted by Crippen LogP contribution is -2.13. The number of aromatic amines is 2. The van der Waals surface area contributed by atoms with Crippen molar-refractivity contribution in [1.82, 2.24) is 20.2 Å². The van der Waals surface area contributed by atoms with Crippen LogP contribution >= 0.6 is 0 Å². The molecule has 5 rings (SSSR count). The fourth-order valence-corrected chi connectivity index (χ4v) is 3.44. The summed E-state index contributed by atoms with van der Waals surface area (Å²) >= 11 is 0. The first-order chi connectivity index (χ1) is 13.7. The molecule has 0 aliphatic carbocycles. The zero-order valence-electron chi connectivity index (χ0n) is 15.2. The molecule has 0 aliphatic rings. The Morgan fingerprint density at radius 3 is 2.79 bits per heavy atom. The van der Waals surface area contributed by atoms with Gasteiger partial charge in [-0.1, -0.05) is 18.2 Å². The van der Waals surface area contributed by atoms with Crippen LogP contribution in [0, 0.1) is 6.92 Å². The highest BCUT2D eigenvalue weighted by atomic mass is 16.1. The molecule has 0 atom stereocenters. The maximum absolute atomic E-state index is 12.7. The number of hydrogen-bond acceptors (Lipinski definition) is 3. The summed E-state index contributed by atoms with van der Waals surface area (Å²) in [6, 6.07) is 15.8. The first-order valence-corrected chi connectivity index (χ1v) is 8.97. The number of nitrogens with one attached hydrogen (secondary N) is 3. The smallest absolute Gasteiger partial charge is 0.274 e. The van der Waals surface area contributed by atoms with Gasteiger partial charge in [0.05, 0.1) is 17.4 Å². The van der Waals surface area contributed by atoms with E-state index in [0.29, 0.717) is 11.4 Å². The second kappa shape index (κ2) is 6.35. The Morgan fingerprint density at radius 2 is 1.93 bits per heavy atom. The van der Waals surface area contributed by atoms with Crippen molar-refractivity contribution < 1.29 is 4.79 Å². The molecular weight excluding hydrogens is 350 g/mol. The number of nitrogens with zero attached hydrogens (tertiary/aromatic N) is 2. The molecule has 3 N–H and O–H groups in total. The summed E-state index contributed by atoms with van der Waals surface area (Å²) in [6.07, 6.45) is 5.33. The first kappa shape index (κ1) is 16.3. The predicted octanol–water partition coefficient (Wildman–Crippen LogP) is 4.67. The van der Waals surface area contributed by atoms with E-state index in [4.69, 9.17) is 0 Å². The van der Waals surface area contributed by atoms with E-state index in [-0.39, 0.29) is 5.91 Å². The van der Waals surface area contributed by atoms with Crippen molar-refractivity contribution in [2.24, 2.45) is 0 Å². The second-order valence-electron chi connectivity index (χ2n) is 6.77. The van der Waals surface area contributed by atoms with Crippen LogP contribution in [0.4, 0.5) is 5.69 Å². The van der Waals surface area contributed by atoms with Crippen LogP contribution in [-0.2, 0) is 0 Å². The molecule has 0 unspecified atom stereocenters. The van der Waals surface area contributed by atoms with Crippen molar-refractivity contribution in [3.63, 3.8) is 0 Å². The molecule has 5 aromatic rings. The van der Waals surface area contributed by atoms with Crippen molar-refractivity contribution in [2.75, 3.05) is 5.32 Å². The Bertz CT molecular complexity index is 1310. The lowest BCUT2D eigenvalue weighted by molar-refractivity contribution is 0.102. The number of rotatable bonds is 3. The lowest BCUT2D eigenvalue weighted by Gasteiger charge is -2.10. The van der Waals surface area contributed by atoms with Gasteiger partial charge in [-0.05, 0) is 53.9 Å². The van der Waals surface area contributed by atoms with Crippen molar-refractivity contribution >= 4 is 33.4 Å². The number of pyridine rings is 1. The van der Waals surface area contributed by atoms with Crippen molar-refractivity contribution in [2.45, 2.75) is 6.92 Å². The zero-order valence-corrected chi connectivity index (χ0v) is 15.2. The molecule has 3 heterocycles. The lowest BCUT2D eigenvalue weighted by atomic mass is 9.99. The number of fused-ring (bicyclic) bond motifs is 2. The van der Waals surface area contributed by atoms with Crippen LogP contribution in [0.1, 0.15) is 16.1 Å². The zero-order chi connectivity index (χ0) is 19.1. The quantitative estimate of drug-likeness (QED) is 0.433. The van der Waals surface area contributed by atoms with E-state index in [9.17, 15) is 4.79 Å². The molecule has 0 aliphatic heterocycles. The van der Waals surface area contributed by atoms with E-state index in [1.807, 2.05) is 43.5 Å². The van der Waals surface area contributed by atoms with Crippen LogP contribution in [-0.4, -0.2) is 26.1 Å². The van der Waals surface area contributed by atoms with Gasteiger partial charge in [-0.3, -0.25) is 14.9 Å². The van der Waals surface area contributed by atoms with Crippen molar-refractivity contribution in [3.8, 4) is 11.1 Å². The molecule has 0 radical (unpaired) electrons. The van der Waals surface area contributed by atoms with Gasteiger partial charge in [0.2, 0.25) is 0 Å². The standard InChI is InChI=1S/C22H17N5O/c1-13-5-6-19(24-11-13)22(28)26-20-9-14(10-21-17(20)12-25-27-21)15-3-2-4-18-16(15)7-8-23-18/h2-12,23H,1H3,(H,25,27)(H,26,28). The van der Waals surface area contributed by atoms with Gasteiger partial charge in [0.1, 0.15) is 5.69 Å². The van der Waals surface area contributed by atoms with Crippen molar-refractivity contribution in [1.29, 1.82) is 0 Å². The van der Waals surface area contributed by atoms with Gasteiger partial charge in [-0.15, -0.1) is 0 Å². The van der Waals surface area contributed by atoms with Crippen LogP contribution in [0.25, 0.3) is 32.9 Å². The predicted molar refractivity (Wildman–Crippen MR) is 110 cm³/mol. The van der Waals surface area contributed by atoms with Gasteiger partial charge < -0.3 is 10.3 Å². The monoisotopic (exact) mass is 367 g/mol. The third kappa shape index (κ3) is 2.72. The number of H-pyrrole nitrogens is 2. The average Bonchev–Trinajstić information content (AvgIpc) is 3.37. The molecule has 0 spiro atoms. The van der Waals surface area contributed by atoms with Crippen LogP contribution in [0.3, 0.4) is 0 Å². The summed E-state index contributed by atoms with van der Waals surface area (Å²) in [4.78, 5) is 20.2. The Balaban J connectivity index is 1.61. The van der Waals surface area contributed by atoms with Gasteiger partial charge in [-0.25, -0.2) is 0 Å². The molecule has 1 amide bonds. The van der Waals surface area contributed by atoms with E-state index in [1.54, 1.807) is 18.5 Å². The molecule has 0 saturated carbocycles. The molecule has 2 aromatic carbocycles. The van der Waals surface area contributed by atoms with Gasteiger partial charge in [0, 0.05) is 28.7 Å². The van der Waals surface area contributed by atoms with Gasteiger partial charge in [0.15, 0.2) is 0 Å². The molecule has 0 saturated heterocycles. The van der Waals surface area contributed by atoms with Gasteiger partial charge >= 0.3 is 0 Å². The van der Waals surface area contributed by atoms with Crippen LogP contribution in [0.15, 0.2) is 67.1 Å². The minimum atomic E-state index is -0.250. The SMILES string of the molecule is Cc1ccc(C(=O)Nc2cc(-c3cccc4[nH]ccc34)cc3[nH]ncc23)nc1. The van der Waals surface area contributed by atoms with E-state index in [2.05, 4.69) is 37.6 Å². The summed E-state index contributed by atoms with van der Waals surface area (Å²) in [5, 5.41) is 12.1. The summed E-state index contributed by atoms with van der Waals surface area (Å²) in [5.74, 6) is -0.250.